The molecule has 2 atom stereocenters. The fourth-order valence-electron chi connectivity index (χ4n) is 2.67. The van der Waals surface area contributed by atoms with E-state index in [1.54, 1.807) is 6.20 Å². The Hall–Kier alpha value is -2.28. The minimum absolute atomic E-state index is 0.177. The van der Waals surface area contributed by atoms with Gasteiger partial charge < -0.3 is 26.4 Å². The summed E-state index contributed by atoms with van der Waals surface area (Å²) in [6, 6.07) is 0.215. The van der Waals surface area contributed by atoms with Crippen LogP contribution in [0, 0.1) is 5.92 Å². The zero-order valence-electron chi connectivity index (χ0n) is 11.1. The Labute approximate surface area is 117 Å². The molecule has 0 unspecified atom stereocenters. The molecule has 0 aromatic carbocycles. The topological polar surface area (TPSA) is 99.3 Å². The lowest BCUT2D eigenvalue weighted by atomic mass is 10.1. The van der Waals surface area contributed by atoms with Crippen LogP contribution in [0.5, 0.6) is 0 Å². The fourth-order valence-corrected chi connectivity index (χ4v) is 2.67. The fraction of sp³-hybridized carbons (Fsp3) is 0.385. The number of nitrogens with one attached hydrogen (secondary N) is 2. The average Bonchev–Trinajstić information content (AvgIpc) is 3.04. The van der Waals surface area contributed by atoms with Crippen molar-refractivity contribution < 1.29 is 5.11 Å². The molecular formula is C13H18N6O. The Morgan fingerprint density at radius 1 is 1.55 bits per heavy atom. The van der Waals surface area contributed by atoms with Gasteiger partial charge >= 0.3 is 0 Å². The summed E-state index contributed by atoms with van der Waals surface area (Å²) in [5.74, 6) is 1.86. The van der Waals surface area contributed by atoms with E-state index >= 15 is 0 Å². The summed E-state index contributed by atoms with van der Waals surface area (Å²) >= 11 is 0. The third-order valence-electron chi connectivity index (χ3n) is 3.63. The lowest BCUT2D eigenvalue weighted by molar-refractivity contribution is 0.248. The zero-order valence-corrected chi connectivity index (χ0v) is 11.1. The van der Waals surface area contributed by atoms with Crippen LogP contribution in [0.2, 0.25) is 0 Å². The summed E-state index contributed by atoms with van der Waals surface area (Å²) in [7, 11) is 0. The van der Waals surface area contributed by atoms with Gasteiger partial charge in [0.2, 0.25) is 5.95 Å². The molecule has 0 radical (unpaired) electrons. The van der Waals surface area contributed by atoms with Crippen molar-refractivity contribution in [3.63, 3.8) is 0 Å². The molecule has 0 spiro atoms. The maximum atomic E-state index is 9.23. The van der Waals surface area contributed by atoms with E-state index < -0.39 is 0 Å². The second kappa shape index (κ2) is 5.01. The molecule has 0 saturated carbocycles. The van der Waals surface area contributed by atoms with Crippen LogP contribution in [0.25, 0.3) is 0 Å². The Balaban J connectivity index is 1.90. The van der Waals surface area contributed by atoms with Crippen LogP contribution in [0.1, 0.15) is 6.42 Å². The van der Waals surface area contributed by atoms with Gasteiger partial charge in [0.25, 0.3) is 0 Å². The summed E-state index contributed by atoms with van der Waals surface area (Å²) in [5, 5.41) is 15.5. The highest BCUT2D eigenvalue weighted by Crippen LogP contribution is 2.38. The Morgan fingerprint density at radius 3 is 3.10 bits per heavy atom. The molecule has 2 aliphatic rings. The smallest absolute Gasteiger partial charge is 0.224 e. The normalized spacial score (nSPS) is 23.6. The van der Waals surface area contributed by atoms with Gasteiger partial charge in [0.15, 0.2) is 11.6 Å². The molecule has 0 amide bonds. The summed E-state index contributed by atoms with van der Waals surface area (Å²) < 4.78 is 0. The largest absolute Gasteiger partial charge is 0.396 e. The molecule has 106 valence electrons. The number of aliphatic hydroxyl groups is 1. The van der Waals surface area contributed by atoms with Gasteiger partial charge in [-0.05, 0) is 12.6 Å². The van der Waals surface area contributed by atoms with Gasteiger partial charge in [-0.15, -0.1) is 0 Å². The molecule has 3 rings (SSSR count). The number of hydrogen-bond donors (Lipinski definition) is 4. The molecule has 7 heteroatoms. The summed E-state index contributed by atoms with van der Waals surface area (Å²) in [5.41, 5.74) is 6.60. The number of aliphatic hydroxyl groups excluding tert-OH is 1. The minimum atomic E-state index is 0.177. The summed E-state index contributed by atoms with van der Waals surface area (Å²) in [6.45, 7) is 4.46. The van der Waals surface area contributed by atoms with Crippen LogP contribution in [-0.4, -0.2) is 34.4 Å². The third kappa shape index (κ3) is 2.05. The zero-order chi connectivity index (χ0) is 14.1. The van der Waals surface area contributed by atoms with Crippen LogP contribution in [-0.2, 0) is 0 Å². The molecule has 2 heterocycles. The second-order valence-corrected chi connectivity index (χ2v) is 4.91. The number of fused-ring (bicyclic) bond motifs is 1. The minimum Gasteiger partial charge on any atom is -0.396 e. The first-order valence-corrected chi connectivity index (χ1v) is 6.57. The number of aromatic nitrogens is 2. The maximum Gasteiger partial charge on any atom is 0.224 e. The van der Waals surface area contributed by atoms with Crippen molar-refractivity contribution in [3.8, 4) is 0 Å². The van der Waals surface area contributed by atoms with Crippen molar-refractivity contribution in [1.29, 1.82) is 0 Å². The monoisotopic (exact) mass is 274 g/mol. The van der Waals surface area contributed by atoms with Gasteiger partial charge in [-0.2, -0.15) is 9.97 Å². The first kappa shape index (κ1) is 12.7. The first-order chi connectivity index (χ1) is 9.72. The predicted molar refractivity (Wildman–Crippen MR) is 79.4 cm³/mol. The summed E-state index contributed by atoms with van der Waals surface area (Å²) in [6.07, 6.45) is 6.60. The van der Waals surface area contributed by atoms with E-state index in [0.29, 0.717) is 12.5 Å². The average molecular weight is 274 g/mol. The van der Waals surface area contributed by atoms with Crippen LogP contribution in [0.4, 0.5) is 23.3 Å². The van der Waals surface area contributed by atoms with E-state index in [-0.39, 0.29) is 24.5 Å². The van der Waals surface area contributed by atoms with E-state index in [2.05, 4.69) is 44.2 Å². The van der Waals surface area contributed by atoms with Crippen LogP contribution >= 0.6 is 0 Å². The van der Waals surface area contributed by atoms with Gasteiger partial charge in [-0.1, -0.05) is 18.7 Å². The Morgan fingerprint density at radius 2 is 2.40 bits per heavy atom. The number of rotatable bonds is 4. The van der Waals surface area contributed by atoms with E-state index in [1.807, 2.05) is 0 Å². The lowest BCUT2D eigenvalue weighted by Gasteiger charge is -2.24. The molecule has 5 N–H and O–H groups in total. The molecule has 1 aliphatic heterocycles. The highest BCUT2D eigenvalue weighted by atomic mass is 16.3. The molecule has 7 nitrogen and oxygen atoms in total. The van der Waals surface area contributed by atoms with Crippen molar-refractivity contribution in [2.75, 3.05) is 34.5 Å². The molecular weight excluding hydrogens is 256 g/mol. The second-order valence-electron chi connectivity index (χ2n) is 4.91. The number of nitrogen functional groups attached to an aromatic ring is 1. The van der Waals surface area contributed by atoms with Gasteiger partial charge in [0.05, 0.1) is 12.7 Å². The lowest BCUT2D eigenvalue weighted by Crippen LogP contribution is -2.33. The van der Waals surface area contributed by atoms with Gasteiger partial charge in [0.1, 0.15) is 5.69 Å². The van der Waals surface area contributed by atoms with E-state index in [1.165, 1.54) is 0 Å². The predicted octanol–water partition coefficient (Wildman–Crippen LogP) is 0.741. The van der Waals surface area contributed by atoms with Crippen molar-refractivity contribution in [3.05, 3.63) is 24.9 Å². The Kier molecular flexibility index (Phi) is 3.19. The Bertz CT molecular complexity index is 558. The molecule has 1 aromatic rings. The van der Waals surface area contributed by atoms with E-state index in [0.717, 1.165) is 17.9 Å². The highest BCUT2D eigenvalue weighted by molar-refractivity contribution is 5.83. The van der Waals surface area contributed by atoms with Crippen molar-refractivity contribution in [2.24, 2.45) is 5.92 Å². The van der Waals surface area contributed by atoms with E-state index in [4.69, 9.17) is 5.73 Å². The number of nitrogens with two attached hydrogens (primary N) is 1. The molecule has 0 saturated heterocycles. The molecule has 20 heavy (non-hydrogen) atoms. The number of anilines is 4. The van der Waals surface area contributed by atoms with Gasteiger partial charge in [-0.25, -0.2) is 0 Å². The van der Waals surface area contributed by atoms with Crippen molar-refractivity contribution in [2.45, 2.75) is 12.5 Å². The number of hydrogen-bond acceptors (Lipinski definition) is 7. The van der Waals surface area contributed by atoms with Crippen molar-refractivity contribution >= 4 is 23.3 Å². The maximum absolute atomic E-state index is 9.23. The first-order valence-electron chi connectivity index (χ1n) is 6.57. The number of nitrogens with zero attached hydrogens (tertiary/aromatic N) is 3. The third-order valence-corrected chi connectivity index (χ3v) is 3.63. The van der Waals surface area contributed by atoms with Crippen molar-refractivity contribution in [1.82, 2.24) is 9.97 Å². The molecule has 0 fully saturated rings. The standard InChI is InChI=1S/C13H18N6O/c1-2-15-11-10-12(18-13(14)17-11)19(7-16-10)9-4-3-8(5-9)6-20/h2-4,8-9,16,20H,1,5-7H2,(H3,14,15,17,18)/t8-,9+/m1/s1. The van der Waals surface area contributed by atoms with Gasteiger partial charge in [0, 0.05) is 12.5 Å². The van der Waals surface area contributed by atoms with E-state index in [9.17, 15) is 5.11 Å². The highest BCUT2D eigenvalue weighted by Gasteiger charge is 2.32. The summed E-state index contributed by atoms with van der Waals surface area (Å²) in [4.78, 5) is 10.6. The van der Waals surface area contributed by atoms with Crippen LogP contribution in [0.3, 0.4) is 0 Å². The quantitative estimate of drug-likeness (QED) is 0.601. The molecule has 1 aliphatic carbocycles. The SMILES string of the molecule is C=CNc1nc(N)nc2c1NCN2[C@H]1C=C[C@@H](CO)C1. The van der Waals surface area contributed by atoms with Crippen LogP contribution < -0.4 is 21.3 Å². The molecule has 0 bridgehead atoms. The van der Waals surface area contributed by atoms with Crippen LogP contribution in [0.15, 0.2) is 24.9 Å². The molecule has 1 aromatic heterocycles. The van der Waals surface area contributed by atoms with Gasteiger partial charge in [-0.3, -0.25) is 0 Å².